The largest absolute Gasteiger partial charge is 0.490 e. The van der Waals surface area contributed by atoms with E-state index in [1.165, 1.54) is 30.3 Å². The fourth-order valence-electron chi connectivity index (χ4n) is 3.98. The summed E-state index contributed by atoms with van der Waals surface area (Å²) in [5.74, 6) is -4.71. The predicted octanol–water partition coefficient (Wildman–Crippen LogP) is 5.70. The van der Waals surface area contributed by atoms with Crippen LogP contribution in [0.15, 0.2) is 60.7 Å². The average Bonchev–Trinajstić information content (AvgIpc) is 2.90. The third kappa shape index (κ3) is 7.85. The van der Waals surface area contributed by atoms with Gasteiger partial charge in [-0.05, 0) is 67.1 Å². The number of nitrogens with one attached hydrogen (secondary N) is 1. The molecule has 0 spiro atoms. The molecule has 3 aromatic carbocycles. The summed E-state index contributed by atoms with van der Waals surface area (Å²) in [7, 11) is 0. The molecule has 8 nitrogen and oxygen atoms in total. The third-order valence-electron chi connectivity index (χ3n) is 5.97. The van der Waals surface area contributed by atoms with Crippen molar-refractivity contribution in [1.82, 2.24) is 0 Å². The minimum Gasteiger partial charge on any atom is -0.478 e. The second-order valence-corrected chi connectivity index (χ2v) is 9.14. The summed E-state index contributed by atoms with van der Waals surface area (Å²) in [6.45, 7) is 4.78. The van der Waals surface area contributed by atoms with Gasteiger partial charge in [-0.3, -0.25) is 4.79 Å². The van der Waals surface area contributed by atoms with Crippen LogP contribution in [0.5, 0.6) is 0 Å². The van der Waals surface area contributed by atoms with Gasteiger partial charge in [-0.2, -0.15) is 13.2 Å². The Labute approximate surface area is 231 Å². The van der Waals surface area contributed by atoms with Crippen molar-refractivity contribution in [2.75, 3.05) is 41.3 Å². The first kappa shape index (κ1) is 30.2. The van der Waals surface area contributed by atoms with Crippen molar-refractivity contribution < 1.29 is 42.2 Å². The number of nitrogens with zero attached hydrogens (tertiary/aromatic N) is 2. The van der Waals surface area contributed by atoms with Gasteiger partial charge in [0.05, 0.1) is 11.3 Å². The Bertz CT molecular complexity index is 1390. The van der Waals surface area contributed by atoms with Crippen LogP contribution < -0.4 is 15.1 Å². The molecule has 4 rings (SSSR count). The van der Waals surface area contributed by atoms with Crippen LogP contribution in [-0.2, 0) is 4.79 Å². The first-order valence-electron chi connectivity index (χ1n) is 11.8. The van der Waals surface area contributed by atoms with Crippen molar-refractivity contribution in [2.45, 2.75) is 13.1 Å². The number of hydrogen-bond acceptors (Lipinski definition) is 5. The highest BCUT2D eigenvalue weighted by Gasteiger charge is 2.38. The van der Waals surface area contributed by atoms with E-state index < -0.39 is 29.8 Å². The summed E-state index contributed by atoms with van der Waals surface area (Å²) in [4.78, 5) is 37.6. The Morgan fingerprint density at radius 3 is 1.93 bits per heavy atom. The molecule has 1 amide bonds. The number of alkyl halides is 3. The highest BCUT2D eigenvalue weighted by atomic mass is 35.5. The van der Waals surface area contributed by atoms with E-state index in [4.69, 9.17) is 21.5 Å². The molecule has 1 aliphatic rings. The minimum absolute atomic E-state index is 0.110. The lowest BCUT2D eigenvalue weighted by atomic mass is 10.1. The number of carboxylic acid groups (broad SMARTS) is 2. The van der Waals surface area contributed by atoms with Crippen LogP contribution in [0.2, 0.25) is 5.02 Å². The number of hydrogen-bond donors (Lipinski definition) is 3. The smallest absolute Gasteiger partial charge is 0.478 e. The van der Waals surface area contributed by atoms with E-state index in [-0.39, 0.29) is 11.1 Å². The summed E-state index contributed by atoms with van der Waals surface area (Å²) < 4.78 is 44.8. The molecule has 0 atom stereocenters. The van der Waals surface area contributed by atoms with Crippen molar-refractivity contribution in [2.24, 2.45) is 0 Å². The molecule has 1 saturated heterocycles. The van der Waals surface area contributed by atoms with Gasteiger partial charge in [0, 0.05) is 48.1 Å². The number of carboxylic acids is 2. The standard InChI is InChI=1S/C25H23ClFN3O3.C2HF3O2/c1-16-2-5-18(26)14-23(16)30-12-10-29(11-13-30)22-9-8-20(15-21(22)25(32)33)28-24(31)17-3-6-19(27)7-4-17;3-2(4,5)1(6)7/h2-9,14-15H,10-13H2,1H3,(H,28,31)(H,32,33);(H,6,7). The monoisotopic (exact) mass is 581 g/mol. The van der Waals surface area contributed by atoms with Gasteiger partial charge in [0.25, 0.3) is 5.91 Å². The number of amides is 1. The molecule has 3 aromatic rings. The van der Waals surface area contributed by atoms with E-state index in [2.05, 4.69) is 10.2 Å². The lowest BCUT2D eigenvalue weighted by Gasteiger charge is -2.38. The van der Waals surface area contributed by atoms with Crippen LogP contribution in [0.4, 0.5) is 34.6 Å². The Hall–Kier alpha value is -4.32. The van der Waals surface area contributed by atoms with Crippen LogP contribution in [0.1, 0.15) is 26.3 Å². The maximum absolute atomic E-state index is 13.1. The number of aryl methyl sites for hydroxylation is 1. The summed E-state index contributed by atoms with van der Waals surface area (Å²) in [6, 6.07) is 15.8. The molecule has 0 aromatic heterocycles. The number of anilines is 3. The first-order chi connectivity index (χ1) is 18.8. The van der Waals surface area contributed by atoms with Gasteiger partial charge in [0.1, 0.15) is 5.82 Å². The number of rotatable bonds is 5. The van der Waals surface area contributed by atoms with Gasteiger partial charge in [0.2, 0.25) is 0 Å². The summed E-state index contributed by atoms with van der Waals surface area (Å²) >= 11 is 6.16. The Kier molecular flexibility index (Phi) is 9.59. The van der Waals surface area contributed by atoms with E-state index in [0.717, 1.165) is 24.3 Å². The number of aromatic carboxylic acids is 1. The molecule has 0 aliphatic carbocycles. The van der Waals surface area contributed by atoms with E-state index in [9.17, 15) is 32.3 Å². The molecule has 0 unspecified atom stereocenters. The van der Waals surface area contributed by atoms with E-state index in [1.54, 1.807) is 12.1 Å². The van der Waals surface area contributed by atoms with E-state index in [1.807, 2.05) is 30.0 Å². The van der Waals surface area contributed by atoms with Crippen molar-refractivity contribution in [3.63, 3.8) is 0 Å². The number of carbonyl (C=O) groups is 3. The van der Waals surface area contributed by atoms with E-state index >= 15 is 0 Å². The molecule has 212 valence electrons. The Morgan fingerprint density at radius 1 is 0.850 bits per heavy atom. The van der Waals surface area contributed by atoms with Crippen molar-refractivity contribution in [3.8, 4) is 0 Å². The maximum Gasteiger partial charge on any atom is 0.490 e. The predicted molar refractivity (Wildman–Crippen MR) is 142 cm³/mol. The van der Waals surface area contributed by atoms with Crippen molar-refractivity contribution >= 4 is 46.5 Å². The van der Waals surface area contributed by atoms with Crippen LogP contribution in [-0.4, -0.2) is 60.4 Å². The van der Waals surface area contributed by atoms with Gasteiger partial charge in [-0.15, -0.1) is 0 Å². The highest BCUT2D eigenvalue weighted by molar-refractivity contribution is 6.30. The molecular formula is C27H24ClF4N3O5. The molecule has 1 fully saturated rings. The quantitative estimate of drug-likeness (QED) is 0.332. The molecule has 13 heteroatoms. The number of piperazine rings is 1. The lowest BCUT2D eigenvalue weighted by molar-refractivity contribution is -0.192. The topological polar surface area (TPSA) is 110 Å². The zero-order valence-electron chi connectivity index (χ0n) is 21.0. The van der Waals surface area contributed by atoms with Gasteiger partial charge in [-0.25, -0.2) is 14.0 Å². The van der Waals surface area contributed by atoms with Gasteiger partial charge in [-0.1, -0.05) is 17.7 Å². The van der Waals surface area contributed by atoms with E-state index in [0.29, 0.717) is 29.5 Å². The number of benzene rings is 3. The normalized spacial score (nSPS) is 13.2. The molecule has 1 aliphatic heterocycles. The van der Waals surface area contributed by atoms with Crippen LogP contribution in [0, 0.1) is 12.7 Å². The molecular weight excluding hydrogens is 558 g/mol. The van der Waals surface area contributed by atoms with Crippen LogP contribution in [0.25, 0.3) is 0 Å². The molecule has 1 heterocycles. The second kappa shape index (κ2) is 12.7. The van der Waals surface area contributed by atoms with Crippen LogP contribution in [0.3, 0.4) is 0 Å². The first-order valence-corrected chi connectivity index (χ1v) is 12.1. The van der Waals surface area contributed by atoms with Gasteiger partial charge in [0.15, 0.2) is 0 Å². The minimum atomic E-state index is -5.08. The maximum atomic E-state index is 13.1. The van der Waals surface area contributed by atoms with Gasteiger partial charge >= 0.3 is 18.1 Å². The Balaban J connectivity index is 0.000000559. The zero-order chi connectivity index (χ0) is 29.6. The number of halogens is 5. The summed E-state index contributed by atoms with van der Waals surface area (Å²) in [5, 5.41) is 20.3. The van der Waals surface area contributed by atoms with Crippen LogP contribution >= 0.6 is 11.6 Å². The van der Waals surface area contributed by atoms with Crippen molar-refractivity contribution in [1.29, 1.82) is 0 Å². The van der Waals surface area contributed by atoms with Gasteiger partial charge < -0.3 is 25.3 Å². The summed E-state index contributed by atoms with van der Waals surface area (Å²) in [6.07, 6.45) is -5.08. The second-order valence-electron chi connectivity index (χ2n) is 8.71. The fourth-order valence-corrected chi connectivity index (χ4v) is 4.14. The zero-order valence-corrected chi connectivity index (χ0v) is 21.8. The molecule has 3 N–H and O–H groups in total. The number of carbonyl (C=O) groups excluding carboxylic acids is 1. The molecule has 40 heavy (non-hydrogen) atoms. The highest BCUT2D eigenvalue weighted by Crippen LogP contribution is 2.29. The molecule has 0 saturated carbocycles. The summed E-state index contributed by atoms with van der Waals surface area (Å²) in [5.41, 5.74) is 3.58. The Morgan fingerprint density at radius 2 is 1.40 bits per heavy atom. The third-order valence-corrected chi connectivity index (χ3v) is 6.20. The SMILES string of the molecule is Cc1ccc(Cl)cc1N1CCN(c2ccc(NC(=O)c3ccc(F)cc3)cc2C(=O)O)CC1.O=C(O)C(F)(F)F. The fraction of sp³-hybridized carbons (Fsp3) is 0.222. The molecule has 0 bridgehead atoms. The average molecular weight is 582 g/mol. The van der Waals surface area contributed by atoms with Crippen molar-refractivity contribution in [3.05, 3.63) is 88.2 Å². The number of aliphatic carboxylic acids is 1. The lowest BCUT2D eigenvalue weighted by Crippen LogP contribution is -2.47. The molecule has 0 radical (unpaired) electrons.